The number of methoxy groups -OCH3 is 2. The summed E-state index contributed by atoms with van der Waals surface area (Å²) in [5, 5.41) is 17.8. The van der Waals surface area contributed by atoms with Crippen LogP contribution >= 0.6 is 15.9 Å². The number of halogens is 1. The zero-order chi connectivity index (χ0) is 18.5. The molecule has 3 aromatic rings. The number of aryl methyl sites for hydroxylation is 1. The highest BCUT2D eigenvalue weighted by Gasteiger charge is 2.11. The Morgan fingerprint density at radius 2 is 1.92 bits per heavy atom. The molecule has 0 aliphatic rings. The average Bonchev–Trinajstić information content (AvgIpc) is 3.04. The zero-order valence-electron chi connectivity index (χ0n) is 14.8. The molecule has 0 spiro atoms. The summed E-state index contributed by atoms with van der Waals surface area (Å²) in [6.07, 6.45) is 5.67. The predicted octanol–water partition coefficient (Wildman–Crippen LogP) is 3.54. The number of ether oxygens (including phenoxy) is 2. The number of hydrogen-bond acceptors (Lipinski definition) is 5. The van der Waals surface area contributed by atoms with E-state index in [1.165, 1.54) is 19.8 Å². The normalized spacial score (nSPS) is 11.0. The molecular weight excluding hydrogens is 398 g/mol. The molecule has 0 saturated carbocycles. The van der Waals surface area contributed by atoms with Gasteiger partial charge in [-0.2, -0.15) is 5.10 Å². The van der Waals surface area contributed by atoms with Crippen molar-refractivity contribution in [1.29, 1.82) is 0 Å². The second-order valence-electron chi connectivity index (χ2n) is 5.98. The molecule has 0 saturated heterocycles. The number of pyridine rings is 1. The maximum Gasteiger partial charge on any atom is 0.200 e. The van der Waals surface area contributed by atoms with E-state index in [-0.39, 0.29) is 5.75 Å². The Kier molecular flexibility index (Phi) is 6.00. The Labute approximate surface area is 160 Å². The third-order valence-electron chi connectivity index (χ3n) is 4.23. The number of phenolic OH excluding ortho intramolecular Hbond substituents is 1. The summed E-state index contributed by atoms with van der Waals surface area (Å²) in [6.45, 7) is 1.65. The quantitative estimate of drug-likeness (QED) is 0.546. The lowest BCUT2D eigenvalue weighted by atomic mass is 10.1. The molecule has 2 aromatic heterocycles. The largest absolute Gasteiger partial charge is 0.502 e. The Morgan fingerprint density at radius 3 is 2.62 bits per heavy atom. The monoisotopic (exact) mass is 419 g/mol. The second kappa shape index (κ2) is 8.42. The van der Waals surface area contributed by atoms with Crippen molar-refractivity contribution in [3.8, 4) is 17.2 Å². The van der Waals surface area contributed by atoms with E-state index >= 15 is 0 Å². The highest BCUT2D eigenvalue weighted by molar-refractivity contribution is 9.10. The molecule has 0 amide bonds. The summed E-state index contributed by atoms with van der Waals surface area (Å²) >= 11 is 3.45. The fraction of sp³-hybridized carbons (Fsp3) is 0.316. The van der Waals surface area contributed by atoms with Crippen molar-refractivity contribution in [2.45, 2.75) is 19.4 Å². The highest BCUT2D eigenvalue weighted by atomic mass is 79.9. The molecule has 6 nitrogen and oxygen atoms in total. The molecular formula is C19H22BrN3O3. The van der Waals surface area contributed by atoms with E-state index in [1.54, 1.807) is 0 Å². The molecule has 2 N–H and O–H groups in total. The van der Waals surface area contributed by atoms with E-state index in [2.05, 4.69) is 32.4 Å². The van der Waals surface area contributed by atoms with Crippen molar-refractivity contribution < 1.29 is 14.6 Å². The number of nitrogens with one attached hydrogen (secondary N) is 1. The van der Waals surface area contributed by atoms with Crippen LogP contribution in [0.3, 0.4) is 0 Å². The second-order valence-corrected chi connectivity index (χ2v) is 6.89. The van der Waals surface area contributed by atoms with Gasteiger partial charge in [0.15, 0.2) is 11.5 Å². The smallest absolute Gasteiger partial charge is 0.200 e. The molecule has 0 atom stereocenters. The van der Waals surface area contributed by atoms with Crippen molar-refractivity contribution in [2.24, 2.45) is 0 Å². The van der Waals surface area contributed by atoms with Gasteiger partial charge in [0.1, 0.15) is 0 Å². The van der Waals surface area contributed by atoms with Crippen molar-refractivity contribution in [1.82, 2.24) is 14.9 Å². The van der Waals surface area contributed by atoms with Crippen molar-refractivity contribution in [2.75, 3.05) is 20.8 Å². The van der Waals surface area contributed by atoms with Gasteiger partial charge < -0.3 is 19.9 Å². The number of aromatic hydroxyl groups is 1. The number of benzene rings is 1. The third kappa shape index (κ3) is 4.11. The summed E-state index contributed by atoms with van der Waals surface area (Å²) in [5.41, 5.74) is 3.35. The van der Waals surface area contributed by atoms with E-state index in [0.29, 0.717) is 11.5 Å². The fourth-order valence-electron chi connectivity index (χ4n) is 2.88. The zero-order valence-corrected chi connectivity index (χ0v) is 16.4. The van der Waals surface area contributed by atoms with Gasteiger partial charge in [0.05, 0.1) is 25.9 Å². The fourth-order valence-corrected chi connectivity index (χ4v) is 3.21. The van der Waals surface area contributed by atoms with Crippen LogP contribution in [0.15, 0.2) is 41.1 Å². The van der Waals surface area contributed by atoms with Gasteiger partial charge in [-0.15, -0.1) is 0 Å². The summed E-state index contributed by atoms with van der Waals surface area (Å²) in [5.74, 6) is 0.909. The summed E-state index contributed by atoms with van der Waals surface area (Å²) in [6, 6.07) is 7.77. The van der Waals surface area contributed by atoms with Crippen molar-refractivity contribution >= 4 is 21.4 Å². The molecule has 0 bridgehead atoms. The summed E-state index contributed by atoms with van der Waals surface area (Å²) < 4.78 is 13.3. The van der Waals surface area contributed by atoms with Crippen molar-refractivity contribution in [3.63, 3.8) is 0 Å². The molecule has 1 aromatic carbocycles. The Hall–Kier alpha value is -2.25. The van der Waals surface area contributed by atoms with E-state index in [4.69, 9.17) is 9.47 Å². The molecule has 2 heterocycles. The number of phenols is 1. The lowest BCUT2D eigenvalue weighted by Crippen LogP contribution is -2.15. The Bertz CT molecular complexity index is 870. The minimum atomic E-state index is 0.0385. The minimum absolute atomic E-state index is 0.0385. The van der Waals surface area contributed by atoms with Crippen LogP contribution in [0.5, 0.6) is 17.2 Å². The van der Waals surface area contributed by atoms with Crippen LogP contribution in [0.25, 0.3) is 5.52 Å². The number of fused-ring (bicyclic) bond motifs is 1. The lowest BCUT2D eigenvalue weighted by Gasteiger charge is -2.11. The van der Waals surface area contributed by atoms with Crippen LogP contribution in [-0.4, -0.2) is 35.5 Å². The Morgan fingerprint density at radius 1 is 1.19 bits per heavy atom. The first kappa shape index (κ1) is 18.5. The lowest BCUT2D eigenvalue weighted by molar-refractivity contribution is 0.339. The number of rotatable bonds is 8. The standard InChI is InChI=1S/C19H22BrN3O3/c1-25-17-8-13(9-18(26-2)19(17)24)4-3-7-21-10-14-11-22-23-12-15(20)5-6-16(14)23/h5-6,8-9,11-12,21,24H,3-4,7,10H2,1-2H3. The van der Waals surface area contributed by atoms with Gasteiger partial charge in [0.2, 0.25) is 5.75 Å². The van der Waals surface area contributed by atoms with Crippen LogP contribution in [0.1, 0.15) is 17.5 Å². The SMILES string of the molecule is COc1cc(CCCNCc2cnn3cc(Br)ccc23)cc(OC)c1O. The maximum atomic E-state index is 9.96. The summed E-state index contributed by atoms with van der Waals surface area (Å²) in [7, 11) is 3.07. The average molecular weight is 420 g/mol. The minimum Gasteiger partial charge on any atom is -0.502 e. The van der Waals surface area contributed by atoms with Crippen LogP contribution in [0.4, 0.5) is 0 Å². The van der Waals surface area contributed by atoms with Gasteiger partial charge in [0.25, 0.3) is 0 Å². The molecule has 0 aliphatic carbocycles. The molecule has 0 radical (unpaired) electrons. The molecule has 0 fully saturated rings. The Balaban J connectivity index is 1.52. The first-order valence-corrected chi connectivity index (χ1v) is 9.18. The number of nitrogens with zero attached hydrogens (tertiary/aromatic N) is 2. The molecule has 3 rings (SSSR count). The van der Waals surface area contributed by atoms with E-state index in [1.807, 2.05) is 35.1 Å². The number of aromatic nitrogens is 2. The van der Waals surface area contributed by atoms with Crippen LogP contribution in [0, 0.1) is 0 Å². The molecule has 0 aliphatic heterocycles. The molecule has 138 valence electrons. The van der Waals surface area contributed by atoms with Crippen LogP contribution in [-0.2, 0) is 13.0 Å². The van der Waals surface area contributed by atoms with Crippen LogP contribution < -0.4 is 14.8 Å². The third-order valence-corrected chi connectivity index (χ3v) is 4.70. The van der Waals surface area contributed by atoms with Gasteiger partial charge in [-0.25, -0.2) is 4.52 Å². The summed E-state index contributed by atoms with van der Waals surface area (Å²) in [4.78, 5) is 0. The van der Waals surface area contributed by atoms with Crippen LogP contribution in [0.2, 0.25) is 0 Å². The molecule has 7 heteroatoms. The van der Waals surface area contributed by atoms with Gasteiger partial charge >= 0.3 is 0 Å². The first-order valence-electron chi connectivity index (χ1n) is 8.38. The van der Waals surface area contributed by atoms with Crippen molar-refractivity contribution in [3.05, 3.63) is 52.3 Å². The molecule has 26 heavy (non-hydrogen) atoms. The van der Waals surface area contributed by atoms with Gasteiger partial charge in [-0.05, 0) is 65.1 Å². The maximum absolute atomic E-state index is 9.96. The van der Waals surface area contributed by atoms with Gasteiger partial charge in [-0.1, -0.05) is 0 Å². The first-order chi connectivity index (χ1) is 12.6. The number of hydrogen-bond donors (Lipinski definition) is 2. The van der Waals surface area contributed by atoms with E-state index in [0.717, 1.165) is 41.5 Å². The van der Waals surface area contributed by atoms with Gasteiger partial charge in [-0.3, -0.25) is 0 Å². The topological polar surface area (TPSA) is 68.0 Å². The van der Waals surface area contributed by atoms with E-state index < -0.39 is 0 Å². The van der Waals surface area contributed by atoms with Gasteiger partial charge in [0, 0.05) is 22.8 Å². The van der Waals surface area contributed by atoms with E-state index in [9.17, 15) is 5.11 Å². The highest BCUT2D eigenvalue weighted by Crippen LogP contribution is 2.37. The molecule has 0 unspecified atom stereocenters. The predicted molar refractivity (Wildman–Crippen MR) is 104 cm³/mol.